The van der Waals surface area contributed by atoms with Crippen molar-refractivity contribution in [2.24, 2.45) is 0 Å². The predicted octanol–water partition coefficient (Wildman–Crippen LogP) is 1.83. The maximum atomic E-state index is 13.1. The van der Waals surface area contributed by atoms with Crippen molar-refractivity contribution in [2.75, 3.05) is 32.7 Å². The molecule has 1 aromatic carbocycles. The second-order valence-electron chi connectivity index (χ2n) is 7.13. The van der Waals surface area contributed by atoms with Crippen LogP contribution < -0.4 is 5.32 Å². The predicted molar refractivity (Wildman–Crippen MR) is 104 cm³/mol. The van der Waals surface area contributed by atoms with Gasteiger partial charge in [-0.3, -0.25) is 9.69 Å². The summed E-state index contributed by atoms with van der Waals surface area (Å²) in [5.74, 6) is 0.00776. The van der Waals surface area contributed by atoms with Gasteiger partial charge in [0.1, 0.15) is 0 Å². The van der Waals surface area contributed by atoms with Gasteiger partial charge in [0, 0.05) is 32.7 Å². The summed E-state index contributed by atoms with van der Waals surface area (Å²) >= 11 is 0. The van der Waals surface area contributed by atoms with Gasteiger partial charge >= 0.3 is 0 Å². The number of aryl methyl sites for hydroxylation is 3. The molecule has 2 rings (SSSR count). The van der Waals surface area contributed by atoms with E-state index in [1.807, 2.05) is 51.7 Å². The molecule has 7 heteroatoms. The van der Waals surface area contributed by atoms with Gasteiger partial charge in [0.05, 0.1) is 10.9 Å². The smallest absolute Gasteiger partial charge is 0.243 e. The molecule has 26 heavy (non-hydrogen) atoms. The Hall–Kier alpha value is -1.44. The van der Waals surface area contributed by atoms with Crippen LogP contribution in [-0.2, 0) is 14.8 Å². The van der Waals surface area contributed by atoms with E-state index in [4.69, 9.17) is 0 Å². The summed E-state index contributed by atoms with van der Waals surface area (Å²) in [4.78, 5) is 14.6. The molecule has 1 aliphatic heterocycles. The summed E-state index contributed by atoms with van der Waals surface area (Å²) in [6.07, 6.45) is 0.903. The summed E-state index contributed by atoms with van der Waals surface area (Å²) in [5.41, 5.74) is 2.64. The van der Waals surface area contributed by atoms with E-state index in [1.54, 1.807) is 4.31 Å². The van der Waals surface area contributed by atoms with Gasteiger partial charge in [-0.25, -0.2) is 8.42 Å². The number of carbonyl (C=O) groups is 1. The maximum absolute atomic E-state index is 13.1. The number of hydrogen-bond donors (Lipinski definition) is 1. The molecule has 0 spiro atoms. The van der Waals surface area contributed by atoms with Crippen molar-refractivity contribution in [3.63, 3.8) is 0 Å². The molecule has 0 aromatic heterocycles. The molecule has 1 aromatic rings. The van der Waals surface area contributed by atoms with Gasteiger partial charge in [-0.15, -0.1) is 0 Å². The lowest BCUT2D eigenvalue weighted by molar-refractivity contribution is -0.126. The van der Waals surface area contributed by atoms with E-state index in [9.17, 15) is 13.2 Å². The first-order valence-corrected chi connectivity index (χ1v) is 10.7. The second-order valence-corrected chi connectivity index (χ2v) is 9.01. The fourth-order valence-electron chi connectivity index (χ4n) is 3.60. The minimum Gasteiger partial charge on any atom is -0.355 e. The zero-order chi connectivity index (χ0) is 19.5. The third kappa shape index (κ3) is 4.45. The first-order valence-electron chi connectivity index (χ1n) is 9.28. The molecule has 0 unspecified atom stereocenters. The lowest BCUT2D eigenvalue weighted by atomic mass is 10.1. The van der Waals surface area contributed by atoms with Crippen LogP contribution in [0.15, 0.2) is 17.0 Å². The standard InChI is InChI=1S/C19H31N3O3S/c1-6-7-20-19(23)17(5)21-8-10-22(11-9-21)26(24,25)18-15(3)12-14(2)13-16(18)4/h12-13,17H,6-11H2,1-5H3,(H,20,23)/t17-/m1/s1. The molecule has 0 radical (unpaired) electrons. The Labute approximate surface area is 157 Å². The first kappa shape index (κ1) is 20.9. The molecule has 6 nitrogen and oxygen atoms in total. The molecular formula is C19H31N3O3S. The molecule has 1 aliphatic rings. The van der Waals surface area contributed by atoms with Gasteiger partial charge < -0.3 is 5.32 Å². The van der Waals surface area contributed by atoms with Crippen LogP contribution in [0.5, 0.6) is 0 Å². The SMILES string of the molecule is CCCNC(=O)[C@@H](C)N1CCN(S(=O)(=O)c2c(C)cc(C)cc2C)CC1. The van der Waals surface area contributed by atoms with Crippen molar-refractivity contribution >= 4 is 15.9 Å². The van der Waals surface area contributed by atoms with Crippen molar-refractivity contribution in [1.82, 2.24) is 14.5 Å². The van der Waals surface area contributed by atoms with Crippen molar-refractivity contribution in [2.45, 2.75) is 52.0 Å². The summed E-state index contributed by atoms with van der Waals surface area (Å²) in [6.45, 7) is 12.2. The Bertz CT molecular complexity index is 730. The average Bonchev–Trinajstić information content (AvgIpc) is 2.58. The number of rotatable bonds is 6. The fourth-order valence-corrected chi connectivity index (χ4v) is 5.43. The number of piperazine rings is 1. The number of amides is 1. The van der Waals surface area contributed by atoms with Crippen molar-refractivity contribution < 1.29 is 13.2 Å². The van der Waals surface area contributed by atoms with Crippen molar-refractivity contribution in [1.29, 1.82) is 0 Å². The van der Waals surface area contributed by atoms with Crippen molar-refractivity contribution in [3.8, 4) is 0 Å². The monoisotopic (exact) mass is 381 g/mol. The molecule has 0 aliphatic carbocycles. The third-order valence-electron chi connectivity index (χ3n) is 4.95. The lowest BCUT2D eigenvalue weighted by Gasteiger charge is -2.37. The van der Waals surface area contributed by atoms with Crippen molar-refractivity contribution in [3.05, 3.63) is 28.8 Å². The minimum atomic E-state index is -3.52. The molecule has 1 amide bonds. The zero-order valence-electron chi connectivity index (χ0n) is 16.5. The third-order valence-corrected chi connectivity index (χ3v) is 7.16. The number of benzene rings is 1. The highest BCUT2D eigenvalue weighted by Gasteiger charge is 2.33. The molecule has 0 saturated carbocycles. The van der Waals surface area contributed by atoms with Crippen LogP contribution in [0.2, 0.25) is 0 Å². The Balaban J connectivity index is 2.09. The molecule has 1 saturated heterocycles. The van der Waals surface area contributed by atoms with Gasteiger partial charge in [-0.05, 0) is 45.2 Å². The average molecular weight is 382 g/mol. The number of hydrogen-bond acceptors (Lipinski definition) is 4. The van der Waals surface area contributed by atoms with Crippen LogP contribution in [0.1, 0.15) is 37.0 Å². The van der Waals surface area contributed by atoms with E-state index >= 15 is 0 Å². The van der Waals surface area contributed by atoms with Gasteiger partial charge in [-0.2, -0.15) is 4.31 Å². The highest BCUT2D eigenvalue weighted by Crippen LogP contribution is 2.26. The minimum absolute atomic E-state index is 0.00776. The summed E-state index contributed by atoms with van der Waals surface area (Å²) < 4.78 is 27.8. The van der Waals surface area contributed by atoms with Crippen LogP contribution in [0, 0.1) is 20.8 Å². The number of sulfonamides is 1. The first-order chi connectivity index (χ1) is 12.2. The molecular weight excluding hydrogens is 350 g/mol. The van der Waals surface area contributed by atoms with Crippen LogP contribution in [0.3, 0.4) is 0 Å². The van der Waals surface area contributed by atoms with E-state index in [0.717, 1.165) is 23.1 Å². The van der Waals surface area contributed by atoms with E-state index in [0.29, 0.717) is 37.6 Å². The van der Waals surface area contributed by atoms with E-state index in [2.05, 4.69) is 5.32 Å². The summed E-state index contributed by atoms with van der Waals surface area (Å²) in [7, 11) is -3.52. The lowest BCUT2D eigenvalue weighted by Crippen LogP contribution is -2.55. The van der Waals surface area contributed by atoms with E-state index in [1.165, 1.54) is 0 Å². The maximum Gasteiger partial charge on any atom is 0.243 e. The van der Waals surface area contributed by atoms with Gasteiger partial charge in [0.15, 0.2) is 0 Å². The number of nitrogens with zero attached hydrogens (tertiary/aromatic N) is 2. The number of carbonyl (C=O) groups excluding carboxylic acids is 1. The summed E-state index contributed by atoms with van der Waals surface area (Å²) in [5, 5.41) is 2.90. The van der Waals surface area contributed by atoms with Gasteiger partial charge in [0.2, 0.25) is 15.9 Å². The molecule has 1 fully saturated rings. The molecule has 1 N–H and O–H groups in total. The number of nitrogens with one attached hydrogen (secondary N) is 1. The Morgan fingerprint density at radius 3 is 2.15 bits per heavy atom. The van der Waals surface area contributed by atoms with Gasteiger partial charge in [-0.1, -0.05) is 24.6 Å². The normalized spacial score (nSPS) is 17.9. The second kappa shape index (κ2) is 8.50. The van der Waals surface area contributed by atoms with Gasteiger partial charge in [0.25, 0.3) is 0 Å². The van der Waals surface area contributed by atoms with Crippen LogP contribution in [0.25, 0.3) is 0 Å². The van der Waals surface area contributed by atoms with E-state index < -0.39 is 10.0 Å². The Morgan fingerprint density at radius 2 is 1.65 bits per heavy atom. The topological polar surface area (TPSA) is 69.7 Å². The summed E-state index contributed by atoms with van der Waals surface area (Å²) in [6, 6.07) is 3.58. The van der Waals surface area contributed by atoms with Crippen LogP contribution in [-0.4, -0.2) is 62.3 Å². The van der Waals surface area contributed by atoms with Crippen LogP contribution in [0.4, 0.5) is 0 Å². The van der Waals surface area contributed by atoms with E-state index in [-0.39, 0.29) is 11.9 Å². The quantitative estimate of drug-likeness (QED) is 0.816. The Kier molecular flexibility index (Phi) is 6.82. The zero-order valence-corrected chi connectivity index (χ0v) is 17.3. The fraction of sp³-hybridized carbons (Fsp3) is 0.632. The highest BCUT2D eigenvalue weighted by atomic mass is 32.2. The Morgan fingerprint density at radius 1 is 1.12 bits per heavy atom. The molecule has 146 valence electrons. The molecule has 0 bridgehead atoms. The molecule has 1 atom stereocenters. The largest absolute Gasteiger partial charge is 0.355 e. The molecule has 1 heterocycles. The highest BCUT2D eigenvalue weighted by molar-refractivity contribution is 7.89. The van der Waals surface area contributed by atoms with Crippen LogP contribution >= 0.6 is 0 Å².